The molecule has 0 spiro atoms. The molecule has 1 aliphatic rings. The van der Waals surface area contributed by atoms with Crippen LogP contribution in [-0.4, -0.2) is 36.2 Å². The maximum atomic E-state index is 13.9. The summed E-state index contributed by atoms with van der Waals surface area (Å²) in [6, 6.07) is 11.7. The number of fused-ring (bicyclic) bond motifs is 1. The zero-order chi connectivity index (χ0) is 16.6. The van der Waals surface area contributed by atoms with Crippen LogP contribution in [0.1, 0.15) is 20.7 Å². The van der Waals surface area contributed by atoms with E-state index in [0.29, 0.717) is 0 Å². The van der Waals surface area contributed by atoms with Crippen LogP contribution in [0.4, 0.5) is 10.1 Å². The molecule has 1 aliphatic heterocycles. The molecular formula is C17H13FN2O3. The van der Waals surface area contributed by atoms with Gasteiger partial charge in [-0.25, -0.2) is 9.29 Å². The lowest BCUT2D eigenvalue weighted by Crippen LogP contribution is -2.41. The summed E-state index contributed by atoms with van der Waals surface area (Å²) in [7, 11) is 1.48. The van der Waals surface area contributed by atoms with Crippen LogP contribution in [0.2, 0.25) is 0 Å². The van der Waals surface area contributed by atoms with E-state index in [9.17, 15) is 18.8 Å². The van der Waals surface area contributed by atoms with E-state index in [0.717, 1.165) is 11.0 Å². The van der Waals surface area contributed by atoms with Crippen molar-refractivity contribution in [2.45, 2.75) is 0 Å². The lowest BCUT2D eigenvalue weighted by molar-refractivity contribution is -0.118. The Morgan fingerprint density at radius 3 is 2.43 bits per heavy atom. The van der Waals surface area contributed by atoms with Crippen molar-refractivity contribution >= 4 is 23.4 Å². The van der Waals surface area contributed by atoms with Crippen LogP contribution < -0.4 is 4.90 Å². The highest BCUT2D eigenvalue weighted by atomic mass is 19.1. The Morgan fingerprint density at radius 2 is 1.70 bits per heavy atom. The summed E-state index contributed by atoms with van der Waals surface area (Å²) >= 11 is 0. The molecule has 2 aromatic rings. The largest absolute Gasteiger partial charge is 0.332 e. The molecule has 5 nitrogen and oxygen atoms in total. The summed E-state index contributed by atoms with van der Waals surface area (Å²) in [6.07, 6.45) is 0. The fourth-order valence-electron chi connectivity index (χ4n) is 2.51. The number of carbonyl (C=O) groups excluding carboxylic acids is 3. The number of benzene rings is 2. The number of nitrogens with zero attached hydrogens (tertiary/aromatic N) is 2. The standard InChI is InChI=1S/C17H13FN2O3/c1-19-10-15(21)20(14-9-5-3-7-12(14)16(19)22)17(23)11-6-2-4-8-13(11)18/h2-9H,10H2,1H3. The molecule has 0 aliphatic carbocycles. The predicted molar refractivity (Wildman–Crippen MR) is 81.6 cm³/mol. The number of para-hydroxylation sites is 1. The van der Waals surface area contributed by atoms with Crippen LogP contribution in [0.5, 0.6) is 0 Å². The average Bonchev–Trinajstić information content (AvgIpc) is 2.63. The molecule has 0 saturated carbocycles. The molecule has 3 rings (SSSR count). The van der Waals surface area contributed by atoms with E-state index >= 15 is 0 Å². The lowest BCUT2D eigenvalue weighted by atomic mass is 10.1. The van der Waals surface area contributed by atoms with Crippen molar-refractivity contribution in [3.05, 3.63) is 65.5 Å². The van der Waals surface area contributed by atoms with Crippen LogP contribution in [0.15, 0.2) is 48.5 Å². The van der Waals surface area contributed by atoms with E-state index in [-0.39, 0.29) is 29.3 Å². The summed E-state index contributed by atoms with van der Waals surface area (Å²) in [5.41, 5.74) is 0.179. The van der Waals surface area contributed by atoms with Gasteiger partial charge in [-0.05, 0) is 24.3 Å². The van der Waals surface area contributed by atoms with Crippen molar-refractivity contribution in [1.29, 1.82) is 0 Å². The lowest BCUT2D eigenvalue weighted by Gasteiger charge is -2.20. The van der Waals surface area contributed by atoms with E-state index < -0.39 is 17.6 Å². The van der Waals surface area contributed by atoms with E-state index in [4.69, 9.17) is 0 Å². The highest BCUT2D eigenvalue weighted by Crippen LogP contribution is 2.27. The molecule has 3 amide bonds. The van der Waals surface area contributed by atoms with E-state index in [1.807, 2.05) is 0 Å². The molecule has 0 radical (unpaired) electrons. The maximum Gasteiger partial charge on any atom is 0.268 e. The van der Waals surface area contributed by atoms with Gasteiger partial charge in [-0.1, -0.05) is 24.3 Å². The second-order valence-corrected chi connectivity index (χ2v) is 5.19. The highest BCUT2D eigenvalue weighted by molar-refractivity contribution is 6.25. The molecule has 0 bridgehead atoms. The summed E-state index contributed by atoms with van der Waals surface area (Å²) < 4.78 is 13.9. The molecule has 0 unspecified atom stereocenters. The van der Waals surface area contributed by atoms with Crippen molar-refractivity contribution in [3.63, 3.8) is 0 Å². The Labute approximate surface area is 131 Å². The van der Waals surface area contributed by atoms with Gasteiger partial charge in [-0.2, -0.15) is 0 Å². The Hall–Kier alpha value is -3.02. The van der Waals surface area contributed by atoms with Gasteiger partial charge in [0.1, 0.15) is 12.4 Å². The minimum Gasteiger partial charge on any atom is -0.332 e. The minimum atomic E-state index is -0.788. The summed E-state index contributed by atoms with van der Waals surface area (Å²) in [5, 5.41) is 0. The first-order valence-electron chi connectivity index (χ1n) is 6.97. The first-order valence-corrected chi connectivity index (χ1v) is 6.97. The van der Waals surface area contributed by atoms with Crippen LogP contribution >= 0.6 is 0 Å². The third-order valence-electron chi connectivity index (χ3n) is 3.65. The molecule has 6 heteroatoms. The van der Waals surface area contributed by atoms with Crippen molar-refractivity contribution < 1.29 is 18.8 Å². The van der Waals surface area contributed by atoms with Crippen molar-refractivity contribution in [2.24, 2.45) is 0 Å². The van der Waals surface area contributed by atoms with Gasteiger partial charge in [0, 0.05) is 7.05 Å². The number of hydrogen-bond acceptors (Lipinski definition) is 3. The molecule has 0 fully saturated rings. The fourth-order valence-corrected chi connectivity index (χ4v) is 2.51. The quantitative estimate of drug-likeness (QED) is 0.758. The Bertz CT molecular complexity index is 819. The second-order valence-electron chi connectivity index (χ2n) is 5.19. The zero-order valence-corrected chi connectivity index (χ0v) is 12.3. The number of imide groups is 1. The molecule has 0 atom stereocenters. The summed E-state index contributed by atoms with van der Waals surface area (Å²) in [5.74, 6) is -2.45. The van der Waals surface area contributed by atoms with E-state index in [1.54, 1.807) is 12.1 Å². The second kappa shape index (κ2) is 5.64. The van der Waals surface area contributed by atoms with Gasteiger partial charge in [0.25, 0.3) is 17.7 Å². The van der Waals surface area contributed by atoms with Gasteiger partial charge in [-0.15, -0.1) is 0 Å². The molecule has 23 heavy (non-hydrogen) atoms. The Balaban J connectivity index is 2.16. The average molecular weight is 312 g/mol. The highest BCUT2D eigenvalue weighted by Gasteiger charge is 2.34. The third kappa shape index (κ3) is 2.48. The molecule has 2 aromatic carbocycles. The third-order valence-corrected chi connectivity index (χ3v) is 3.65. The number of carbonyl (C=O) groups is 3. The monoisotopic (exact) mass is 312 g/mol. The number of rotatable bonds is 1. The van der Waals surface area contributed by atoms with Gasteiger partial charge in [0.15, 0.2) is 0 Å². The normalized spacial score (nSPS) is 14.5. The van der Waals surface area contributed by atoms with E-state index in [1.165, 1.54) is 42.3 Å². The molecule has 0 N–H and O–H groups in total. The molecular weight excluding hydrogens is 299 g/mol. The van der Waals surface area contributed by atoms with Gasteiger partial charge in [-0.3, -0.25) is 14.4 Å². The van der Waals surface area contributed by atoms with Gasteiger partial charge in [0.05, 0.1) is 16.8 Å². The van der Waals surface area contributed by atoms with Crippen molar-refractivity contribution in [3.8, 4) is 0 Å². The van der Waals surface area contributed by atoms with Crippen molar-refractivity contribution in [2.75, 3.05) is 18.5 Å². The summed E-state index contributed by atoms with van der Waals surface area (Å²) in [4.78, 5) is 39.6. The number of anilines is 1. The minimum absolute atomic E-state index is 0.167. The number of halogens is 1. The number of amides is 3. The molecule has 0 saturated heterocycles. The molecule has 1 heterocycles. The molecule has 0 aromatic heterocycles. The van der Waals surface area contributed by atoms with Crippen molar-refractivity contribution in [1.82, 2.24) is 4.90 Å². The Morgan fingerprint density at radius 1 is 1.04 bits per heavy atom. The fraction of sp³-hybridized carbons (Fsp3) is 0.118. The Kier molecular flexibility index (Phi) is 3.65. The van der Waals surface area contributed by atoms with Crippen LogP contribution in [0, 0.1) is 5.82 Å². The van der Waals surface area contributed by atoms with E-state index in [2.05, 4.69) is 0 Å². The van der Waals surface area contributed by atoms with Gasteiger partial charge in [0.2, 0.25) is 0 Å². The smallest absolute Gasteiger partial charge is 0.268 e. The maximum absolute atomic E-state index is 13.9. The zero-order valence-electron chi connectivity index (χ0n) is 12.3. The van der Waals surface area contributed by atoms with Crippen LogP contribution in [-0.2, 0) is 4.79 Å². The number of hydrogen-bond donors (Lipinski definition) is 0. The number of likely N-dealkylation sites (N-methyl/N-ethyl adjacent to an activating group) is 1. The SMILES string of the molecule is CN1CC(=O)N(C(=O)c2ccccc2F)c2ccccc2C1=O. The van der Waals surface area contributed by atoms with Gasteiger partial charge < -0.3 is 4.90 Å². The molecule has 116 valence electrons. The van der Waals surface area contributed by atoms with Crippen LogP contribution in [0.25, 0.3) is 0 Å². The topological polar surface area (TPSA) is 57.7 Å². The first kappa shape index (κ1) is 14.9. The first-order chi connectivity index (χ1) is 11.0. The van der Waals surface area contributed by atoms with Crippen LogP contribution in [0.3, 0.4) is 0 Å². The predicted octanol–water partition coefficient (Wildman–Crippen LogP) is 2.08. The summed E-state index contributed by atoms with van der Waals surface area (Å²) in [6.45, 7) is -0.256. The van der Waals surface area contributed by atoms with Gasteiger partial charge >= 0.3 is 0 Å².